The van der Waals surface area contributed by atoms with Crippen molar-refractivity contribution >= 4 is 22.5 Å². The van der Waals surface area contributed by atoms with Crippen LogP contribution in [-0.4, -0.2) is 36.3 Å². The topological polar surface area (TPSA) is 54.5 Å². The van der Waals surface area contributed by atoms with E-state index in [1.54, 1.807) is 13.1 Å². The van der Waals surface area contributed by atoms with Crippen molar-refractivity contribution in [1.29, 1.82) is 0 Å². The fraction of sp³-hybridized carbons (Fsp3) is 0.429. The summed E-state index contributed by atoms with van der Waals surface area (Å²) in [6.07, 6.45) is -2.66. The van der Waals surface area contributed by atoms with Crippen molar-refractivity contribution in [3.8, 4) is 5.75 Å². The van der Waals surface area contributed by atoms with Crippen molar-refractivity contribution in [1.82, 2.24) is 4.98 Å². The number of hydrogen-bond donors (Lipinski definition) is 2. The first-order valence-corrected chi connectivity index (χ1v) is 6.94. The largest absolute Gasteiger partial charge is 0.573 e. The predicted molar refractivity (Wildman–Crippen MR) is 76.3 cm³/mol. The Hall–Kier alpha value is -1.44. The molecule has 0 unspecified atom stereocenters. The van der Waals surface area contributed by atoms with E-state index in [1.807, 2.05) is 0 Å². The highest BCUT2D eigenvalue weighted by atomic mass is 35.5. The number of aromatic amines is 1. The molecule has 0 aliphatic rings. The molecule has 0 bridgehead atoms. The number of rotatable bonds is 6. The zero-order valence-electron chi connectivity index (χ0n) is 11.8. The third kappa shape index (κ3) is 3.85. The predicted octanol–water partition coefficient (Wildman–Crippen LogP) is 3.58. The fourth-order valence-electron chi connectivity index (χ4n) is 2.23. The van der Waals surface area contributed by atoms with Crippen LogP contribution in [0.4, 0.5) is 13.2 Å². The standard InChI is InChI=1S/C14H15ClF3NO3/c1-8-6-10(22-14(16,17)18)12(15)11-9(7-19-13(8)11)2-4-21-5-3-20/h6-7,19-20H,2-5H2,1H3. The molecule has 1 heterocycles. The van der Waals surface area contributed by atoms with Gasteiger partial charge in [0.25, 0.3) is 0 Å². The van der Waals surface area contributed by atoms with Crippen LogP contribution < -0.4 is 4.74 Å². The maximum atomic E-state index is 12.4. The van der Waals surface area contributed by atoms with Gasteiger partial charge in [-0.3, -0.25) is 0 Å². The van der Waals surface area contributed by atoms with Gasteiger partial charge in [-0.2, -0.15) is 0 Å². The minimum absolute atomic E-state index is 0.0860. The van der Waals surface area contributed by atoms with E-state index in [0.29, 0.717) is 29.5 Å². The first kappa shape index (κ1) is 16.9. The van der Waals surface area contributed by atoms with E-state index in [0.717, 1.165) is 5.56 Å². The molecule has 2 aromatic rings. The summed E-state index contributed by atoms with van der Waals surface area (Å²) in [7, 11) is 0. The Balaban J connectivity index is 2.35. The van der Waals surface area contributed by atoms with Gasteiger partial charge < -0.3 is 19.6 Å². The molecule has 2 rings (SSSR count). The van der Waals surface area contributed by atoms with Crippen LogP contribution in [0.15, 0.2) is 12.3 Å². The summed E-state index contributed by atoms with van der Waals surface area (Å²) >= 11 is 6.08. The highest BCUT2D eigenvalue weighted by Crippen LogP contribution is 2.39. The summed E-state index contributed by atoms with van der Waals surface area (Å²) in [5.41, 5.74) is 1.99. The Bertz CT molecular complexity index is 655. The zero-order chi connectivity index (χ0) is 16.3. The molecule has 2 N–H and O–H groups in total. The highest BCUT2D eigenvalue weighted by Gasteiger charge is 2.33. The Labute approximate surface area is 129 Å². The summed E-state index contributed by atoms with van der Waals surface area (Å²) in [5.74, 6) is -0.420. The van der Waals surface area contributed by atoms with Gasteiger partial charge in [-0.1, -0.05) is 11.6 Å². The molecule has 4 nitrogen and oxygen atoms in total. The molecule has 0 radical (unpaired) electrons. The molecule has 1 aromatic carbocycles. The summed E-state index contributed by atoms with van der Waals surface area (Å²) in [4.78, 5) is 3.00. The van der Waals surface area contributed by atoms with Crippen LogP contribution >= 0.6 is 11.6 Å². The first-order chi connectivity index (χ1) is 10.3. The van der Waals surface area contributed by atoms with E-state index in [-0.39, 0.29) is 18.2 Å². The molecule has 22 heavy (non-hydrogen) atoms. The Kier molecular flexibility index (Phi) is 5.20. The lowest BCUT2D eigenvalue weighted by Gasteiger charge is -2.13. The number of alkyl halides is 3. The minimum Gasteiger partial charge on any atom is -0.404 e. The quantitative estimate of drug-likeness (QED) is 0.792. The third-order valence-corrected chi connectivity index (χ3v) is 3.49. The van der Waals surface area contributed by atoms with Crippen LogP contribution in [0.2, 0.25) is 5.02 Å². The maximum absolute atomic E-state index is 12.4. The van der Waals surface area contributed by atoms with Gasteiger partial charge >= 0.3 is 6.36 Å². The Morgan fingerprint density at radius 3 is 2.68 bits per heavy atom. The summed E-state index contributed by atoms with van der Waals surface area (Å²) in [6, 6.07) is 1.25. The molecule has 0 saturated carbocycles. The number of aliphatic hydroxyl groups is 1. The van der Waals surface area contributed by atoms with Crippen molar-refractivity contribution in [3.63, 3.8) is 0 Å². The van der Waals surface area contributed by atoms with Gasteiger partial charge in [0.05, 0.1) is 30.4 Å². The van der Waals surface area contributed by atoms with Crippen LogP contribution in [0.5, 0.6) is 5.75 Å². The molecule has 0 spiro atoms. The summed E-state index contributed by atoms with van der Waals surface area (Å²) in [5, 5.41) is 9.05. The molecule has 0 atom stereocenters. The van der Waals surface area contributed by atoms with Gasteiger partial charge in [0, 0.05) is 11.6 Å². The third-order valence-electron chi connectivity index (χ3n) is 3.12. The number of fused-ring (bicyclic) bond motifs is 1. The average molecular weight is 338 g/mol. The van der Waals surface area contributed by atoms with Gasteiger partial charge in [-0.15, -0.1) is 13.2 Å². The minimum atomic E-state index is -4.80. The molecule has 0 aliphatic carbocycles. The molecular weight excluding hydrogens is 323 g/mol. The number of benzene rings is 1. The van der Waals surface area contributed by atoms with Gasteiger partial charge in [0.15, 0.2) is 0 Å². The number of H-pyrrole nitrogens is 1. The van der Waals surface area contributed by atoms with E-state index < -0.39 is 12.1 Å². The molecule has 8 heteroatoms. The van der Waals surface area contributed by atoms with E-state index in [2.05, 4.69) is 9.72 Å². The van der Waals surface area contributed by atoms with E-state index >= 15 is 0 Å². The van der Waals surface area contributed by atoms with Crippen LogP contribution in [-0.2, 0) is 11.2 Å². The number of nitrogens with one attached hydrogen (secondary N) is 1. The second kappa shape index (κ2) is 6.76. The highest BCUT2D eigenvalue weighted by molar-refractivity contribution is 6.37. The number of aryl methyl sites for hydroxylation is 1. The normalized spacial score (nSPS) is 12.1. The van der Waals surface area contributed by atoms with Gasteiger partial charge in [-0.05, 0) is 30.5 Å². The van der Waals surface area contributed by atoms with Crippen LogP contribution in [0.3, 0.4) is 0 Å². The Morgan fingerprint density at radius 1 is 1.32 bits per heavy atom. The van der Waals surface area contributed by atoms with Crippen LogP contribution in [0.1, 0.15) is 11.1 Å². The molecule has 1 aromatic heterocycles. The van der Waals surface area contributed by atoms with Crippen molar-refractivity contribution < 1.29 is 27.8 Å². The van der Waals surface area contributed by atoms with Crippen LogP contribution in [0.25, 0.3) is 10.9 Å². The van der Waals surface area contributed by atoms with E-state index in [4.69, 9.17) is 21.4 Å². The lowest BCUT2D eigenvalue weighted by molar-refractivity contribution is -0.274. The van der Waals surface area contributed by atoms with Crippen molar-refractivity contribution in [3.05, 3.63) is 28.4 Å². The molecule has 0 amide bonds. The number of aliphatic hydroxyl groups excluding tert-OH is 1. The Morgan fingerprint density at radius 2 is 2.05 bits per heavy atom. The number of ether oxygens (including phenoxy) is 2. The second-order valence-corrected chi connectivity index (χ2v) is 5.08. The number of halogens is 4. The number of aromatic nitrogens is 1. The van der Waals surface area contributed by atoms with Crippen molar-refractivity contribution in [2.75, 3.05) is 19.8 Å². The smallest absolute Gasteiger partial charge is 0.404 e. The average Bonchev–Trinajstić information content (AvgIpc) is 2.84. The van der Waals surface area contributed by atoms with Gasteiger partial charge in [0.1, 0.15) is 5.75 Å². The van der Waals surface area contributed by atoms with E-state index in [9.17, 15) is 13.2 Å². The SMILES string of the molecule is Cc1cc(OC(F)(F)F)c(Cl)c2c(CCOCCO)c[nH]c12. The molecule has 0 aliphatic heterocycles. The van der Waals surface area contributed by atoms with E-state index in [1.165, 1.54) is 6.07 Å². The van der Waals surface area contributed by atoms with Gasteiger partial charge in [0.2, 0.25) is 0 Å². The van der Waals surface area contributed by atoms with Crippen molar-refractivity contribution in [2.45, 2.75) is 19.7 Å². The monoisotopic (exact) mass is 337 g/mol. The van der Waals surface area contributed by atoms with Crippen molar-refractivity contribution in [2.24, 2.45) is 0 Å². The maximum Gasteiger partial charge on any atom is 0.573 e. The molecular formula is C14H15ClF3NO3. The molecule has 0 fully saturated rings. The van der Waals surface area contributed by atoms with Gasteiger partial charge in [-0.25, -0.2) is 0 Å². The molecule has 122 valence electrons. The second-order valence-electron chi connectivity index (χ2n) is 4.70. The zero-order valence-corrected chi connectivity index (χ0v) is 12.5. The first-order valence-electron chi connectivity index (χ1n) is 6.57. The lowest BCUT2D eigenvalue weighted by atomic mass is 10.1. The summed E-state index contributed by atoms with van der Waals surface area (Å²) in [6.45, 7) is 2.12. The molecule has 0 saturated heterocycles. The summed E-state index contributed by atoms with van der Waals surface area (Å²) < 4.78 is 46.5. The number of hydrogen-bond acceptors (Lipinski definition) is 3. The fourth-order valence-corrected chi connectivity index (χ4v) is 2.54. The lowest BCUT2D eigenvalue weighted by Crippen LogP contribution is -2.17. The van der Waals surface area contributed by atoms with Crippen LogP contribution in [0, 0.1) is 6.92 Å².